The predicted octanol–water partition coefficient (Wildman–Crippen LogP) is 5.08. The Morgan fingerprint density at radius 1 is 1.04 bits per heavy atom. The van der Waals surface area contributed by atoms with Crippen molar-refractivity contribution in [2.75, 3.05) is 13.2 Å². The molecule has 2 fully saturated rings. The van der Waals surface area contributed by atoms with Gasteiger partial charge in [0.25, 0.3) is 0 Å². The first-order chi connectivity index (χ1) is 12.8. The standard InChI is InChI=1S/C22H29NO3/c1-2-24-20-8-4-3-7-17(20)15-23(18-10-11-18)16-19-12-13-22(26-19)21-9-5-6-14-25-21/h3-4,7-8,12-13,18,21H,2,5-6,9-11,14-16H2,1H3/t21-/m1/s1. The van der Waals surface area contributed by atoms with Gasteiger partial charge in [0.15, 0.2) is 0 Å². The van der Waals surface area contributed by atoms with Crippen LogP contribution in [0.3, 0.4) is 0 Å². The van der Waals surface area contributed by atoms with E-state index in [1.165, 1.54) is 31.2 Å². The second kappa shape index (κ2) is 8.28. The maximum Gasteiger partial charge on any atom is 0.133 e. The van der Waals surface area contributed by atoms with Crippen LogP contribution in [0.15, 0.2) is 40.8 Å². The number of ether oxygens (including phenoxy) is 2. The smallest absolute Gasteiger partial charge is 0.133 e. The molecule has 1 aromatic heterocycles. The summed E-state index contributed by atoms with van der Waals surface area (Å²) in [6.45, 7) is 5.33. The molecule has 2 heterocycles. The van der Waals surface area contributed by atoms with Crippen LogP contribution < -0.4 is 4.74 Å². The maximum atomic E-state index is 6.15. The van der Waals surface area contributed by atoms with Crippen LogP contribution in [-0.2, 0) is 17.8 Å². The lowest BCUT2D eigenvalue weighted by Crippen LogP contribution is -2.25. The van der Waals surface area contributed by atoms with Crippen LogP contribution in [0.2, 0.25) is 0 Å². The van der Waals surface area contributed by atoms with Gasteiger partial charge in [-0.15, -0.1) is 0 Å². The Labute approximate surface area is 156 Å². The zero-order chi connectivity index (χ0) is 17.8. The quantitative estimate of drug-likeness (QED) is 0.661. The number of benzene rings is 1. The van der Waals surface area contributed by atoms with E-state index in [-0.39, 0.29) is 6.10 Å². The van der Waals surface area contributed by atoms with Crippen LogP contribution in [-0.4, -0.2) is 24.2 Å². The second-order valence-corrected chi connectivity index (χ2v) is 7.34. The molecule has 140 valence electrons. The van der Waals surface area contributed by atoms with Crippen LogP contribution in [0.25, 0.3) is 0 Å². The Hall–Kier alpha value is -1.78. The number of nitrogens with zero attached hydrogens (tertiary/aromatic N) is 1. The normalized spacial score (nSPS) is 20.5. The molecule has 1 saturated heterocycles. The third kappa shape index (κ3) is 4.30. The van der Waals surface area contributed by atoms with Crippen LogP contribution in [0.1, 0.15) is 62.2 Å². The molecule has 2 aromatic rings. The van der Waals surface area contributed by atoms with Gasteiger partial charge in [0.2, 0.25) is 0 Å². The summed E-state index contributed by atoms with van der Waals surface area (Å²) in [6, 6.07) is 13.2. The third-order valence-corrected chi connectivity index (χ3v) is 5.25. The number of para-hydroxylation sites is 1. The lowest BCUT2D eigenvalue weighted by molar-refractivity contribution is 0.000783. The SMILES string of the molecule is CCOc1ccccc1CN(Cc1ccc([C@H]2CCCCO2)o1)C1CC1. The molecule has 1 aromatic carbocycles. The molecule has 0 radical (unpaired) electrons. The largest absolute Gasteiger partial charge is 0.494 e. The minimum Gasteiger partial charge on any atom is -0.494 e. The van der Waals surface area contributed by atoms with Gasteiger partial charge in [-0.2, -0.15) is 0 Å². The maximum absolute atomic E-state index is 6.15. The highest BCUT2D eigenvalue weighted by Crippen LogP contribution is 2.33. The van der Waals surface area contributed by atoms with Crippen molar-refractivity contribution in [1.29, 1.82) is 0 Å². The Balaban J connectivity index is 1.44. The molecule has 0 unspecified atom stereocenters. The summed E-state index contributed by atoms with van der Waals surface area (Å²) >= 11 is 0. The average molecular weight is 355 g/mol. The number of furan rings is 1. The molecule has 0 N–H and O–H groups in total. The molecule has 1 aliphatic heterocycles. The van der Waals surface area contributed by atoms with E-state index >= 15 is 0 Å². The fraction of sp³-hybridized carbons (Fsp3) is 0.545. The molecule has 4 heteroatoms. The Morgan fingerprint density at radius 3 is 2.69 bits per heavy atom. The van der Waals surface area contributed by atoms with Gasteiger partial charge in [-0.3, -0.25) is 4.90 Å². The molecule has 0 spiro atoms. The van der Waals surface area contributed by atoms with Crippen molar-refractivity contribution in [1.82, 2.24) is 4.90 Å². The summed E-state index contributed by atoms with van der Waals surface area (Å²) in [6.07, 6.45) is 6.15. The molecule has 1 atom stereocenters. The summed E-state index contributed by atoms with van der Waals surface area (Å²) in [5.74, 6) is 3.02. The zero-order valence-electron chi connectivity index (χ0n) is 15.7. The van der Waals surface area contributed by atoms with Crippen LogP contribution >= 0.6 is 0 Å². The average Bonchev–Trinajstić information content (AvgIpc) is 3.42. The van der Waals surface area contributed by atoms with E-state index in [4.69, 9.17) is 13.9 Å². The van der Waals surface area contributed by atoms with Crippen molar-refractivity contribution in [2.45, 2.75) is 64.3 Å². The van der Waals surface area contributed by atoms with Gasteiger partial charge >= 0.3 is 0 Å². The van der Waals surface area contributed by atoms with E-state index in [0.29, 0.717) is 12.6 Å². The van der Waals surface area contributed by atoms with Crippen molar-refractivity contribution in [3.63, 3.8) is 0 Å². The van der Waals surface area contributed by atoms with Gasteiger partial charge in [-0.05, 0) is 57.2 Å². The first-order valence-corrected chi connectivity index (χ1v) is 9.98. The van der Waals surface area contributed by atoms with E-state index in [2.05, 4.69) is 35.2 Å². The highest BCUT2D eigenvalue weighted by atomic mass is 16.5. The Kier molecular flexibility index (Phi) is 5.61. The zero-order valence-corrected chi connectivity index (χ0v) is 15.7. The number of hydrogen-bond donors (Lipinski definition) is 0. The predicted molar refractivity (Wildman–Crippen MR) is 101 cm³/mol. The van der Waals surface area contributed by atoms with Crippen LogP contribution in [0, 0.1) is 0 Å². The minimum absolute atomic E-state index is 0.144. The molecule has 0 amide bonds. The summed E-state index contributed by atoms with van der Waals surface area (Å²) in [7, 11) is 0. The van der Waals surface area contributed by atoms with Gasteiger partial charge in [0.1, 0.15) is 23.4 Å². The molecule has 26 heavy (non-hydrogen) atoms. The fourth-order valence-electron chi connectivity index (χ4n) is 3.72. The molecule has 4 nitrogen and oxygen atoms in total. The van der Waals surface area contributed by atoms with E-state index in [9.17, 15) is 0 Å². The van der Waals surface area contributed by atoms with Crippen LogP contribution in [0.5, 0.6) is 5.75 Å². The molecule has 4 rings (SSSR count). The Bertz CT molecular complexity index is 701. The first-order valence-electron chi connectivity index (χ1n) is 9.98. The third-order valence-electron chi connectivity index (χ3n) is 5.25. The summed E-state index contributed by atoms with van der Waals surface area (Å²) in [5.41, 5.74) is 1.25. The molecule has 1 saturated carbocycles. The Morgan fingerprint density at radius 2 is 1.92 bits per heavy atom. The van der Waals surface area contributed by atoms with Crippen molar-refractivity contribution >= 4 is 0 Å². The fourth-order valence-corrected chi connectivity index (χ4v) is 3.72. The van der Waals surface area contributed by atoms with Crippen LogP contribution in [0.4, 0.5) is 0 Å². The molecule has 0 bridgehead atoms. The monoisotopic (exact) mass is 355 g/mol. The van der Waals surface area contributed by atoms with Gasteiger partial charge in [0, 0.05) is 24.8 Å². The van der Waals surface area contributed by atoms with Gasteiger partial charge in [-0.1, -0.05) is 18.2 Å². The number of rotatable bonds is 8. The van der Waals surface area contributed by atoms with Crippen molar-refractivity contribution in [2.24, 2.45) is 0 Å². The highest BCUT2D eigenvalue weighted by Gasteiger charge is 2.30. The van der Waals surface area contributed by atoms with E-state index in [0.717, 1.165) is 43.4 Å². The first kappa shape index (κ1) is 17.6. The topological polar surface area (TPSA) is 34.8 Å². The summed E-state index contributed by atoms with van der Waals surface area (Å²) in [4.78, 5) is 2.52. The van der Waals surface area contributed by atoms with Gasteiger partial charge < -0.3 is 13.9 Å². The van der Waals surface area contributed by atoms with E-state index < -0.39 is 0 Å². The van der Waals surface area contributed by atoms with Crippen molar-refractivity contribution in [3.8, 4) is 5.75 Å². The molecule has 1 aliphatic carbocycles. The highest BCUT2D eigenvalue weighted by molar-refractivity contribution is 5.33. The number of hydrogen-bond acceptors (Lipinski definition) is 4. The van der Waals surface area contributed by atoms with E-state index in [1.54, 1.807) is 0 Å². The molecular weight excluding hydrogens is 326 g/mol. The van der Waals surface area contributed by atoms with Gasteiger partial charge in [0.05, 0.1) is 13.2 Å². The van der Waals surface area contributed by atoms with E-state index in [1.807, 2.05) is 13.0 Å². The molecule has 2 aliphatic rings. The van der Waals surface area contributed by atoms with Crippen molar-refractivity contribution in [3.05, 3.63) is 53.5 Å². The lowest BCUT2D eigenvalue weighted by atomic mass is 10.1. The van der Waals surface area contributed by atoms with Crippen molar-refractivity contribution < 1.29 is 13.9 Å². The second-order valence-electron chi connectivity index (χ2n) is 7.34. The minimum atomic E-state index is 0.144. The molecular formula is C22H29NO3. The lowest BCUT2D eigenvalue weighted by Gasteiger charge is -2.23. The summed E-state index contributed by atoms with van der Waals surface area (Å²) < 4.78 is 17.8. The van der Waals surface area contributed by atoms with Gasteiger partial charge in [-0.25, -0.2) is 0 Å². The summed E-state index contributed by atoms with van der Waals surface area (Å²) in [5, 5.41) is 0.